The molecule has 1 rings (SSSR count). The van der Waals surface area contributed by atoms with Gasteiger partial charge in [0.2, 0.25) is 0 Å². The van der Waals surface area contributed by atoms with Gasteiger partial charge in [-0.2, -0.15) is 0 Å². The highest BCUT2D eigenvalue weighted by atomic mass is 35.5. The van der Waals surface area contributed by atoms with Crippen LogP contribution >= 0.6 is 11.6 Å². The summed E-state index contributed by atoms with van der Waals surface area (Å²) in [7, 11) is 0. The van der Waals surface area contributed by atoms with E-state index in [0.717, 1.165) is 11.6 Å². The van der Waals surface area contributed by atoms with Gasteiger partial charge in [-0.1, -0.05) is 29.8 Å². The summed E-state index contributed by atoms with van der Waals surface area (Å²) in [5, 5.41) is 4.08. The largest absolute Gasteiger partial charge is 0.307 e. The molecular weight excluding hydrogens is 182 g/mol. The molecule has 2 heteroatoms. The fourth-order valence-electron chi connectivity index (χ4n) is 1.15. The van der Waals surface area contributed by atoms with Gasteiger partial charge in [0.1, 0.15) is 0 Å². The SMILES string of the molecule is C=CCNC(C)c1cccc(Cl)c1. The van der Waals surface area contributed by atoms with Gasteiger partial charge < -0.3 is 5.32 Å². The van der Waals surface area contributed by atoms with Crippen molar-refractivity contribution in [2.75, 3.05) is 6.54 Å². The van der Waals surface area contributed by atoms with Crippen LogP contribution in [0.5, 0.6) is 0 Å². The number of hydrogen-bond acceptors (Lipinski definition) is 1. The molecule has 13 heavy (non-hydrogen) atoms. The molecule has 0 aliphatic rings. The van der Waals surface area contributed by atoms with Gasteiger partial charge in [-0.05, 0) is 24.6 Å². The topological polar surface area (TPSA) is 12.0 Å². The van der Waals surface area contributed by atoms with E-state index in [1.54, 1.807) is 0 Å². The van der Waals surface area contributed by atoms with Crippen molar-refractivity contribution < 1.29 is 0 Å². The number of rotatable bonds is 4. The maximum Gasteiger partial charge on any atom is 0.0409 e. The second kappa shape index (κ2) is 5.05. The lowest BCUT2D eigenvalue weighted by Crippen LogP contribution is -2.18. The van der Waals surface area contributed by atoms with E-state index in [2.05, 4.69) is 24.9 Å². The molecule has 1 aromatic carbocycles. The molecule has 1 atom stereocenters. The first-order valence-electron chi connectivity index (χ1n) is 4.34. The molecule has 0 aromatic heterocycles. The summed E-state index contributed by atoms with van der Waals surface area (Å²) < 4.78 is 0. The van der Waals surface area contributed by atoms with Crippen LogP contribution in [-0.4, -0.2) is 6.54 Å². The Balaban J connectivity index is 2.65. The summed E-state index contributed by atoms with van der Waals surface area (Å²) in [6, 6.07) is 8.20. The quantitative estimate of drug-likeness (QED) is 0.728. The van der Waals surface area contributed by atoms with Crippen LogP contribution in [0.25, 0.3) is 0 Å². The van der Waals surface area contributed by atoms with Crippen LogP contribution in [0, 0.1) is 0 Å². The predicted molar refractivity (Wildman–Crippen MR) is 58.1 cm³/mol. The highest BCUT2D eigenvalue weighted by Gasteiger charge is 2.02. The van der Waals surface area contributed by atoms with E-state index in [-0.39, 0.29) is 0 Å². The lowest BCUT2D eigenvalue weighted by atomic mass is 10.1. The van der Waals surface area contributed by atoms with Gasteiger partial charge in [0.15, 0.2) is 0 Å². The zero-order valence-corrected chi connectivity index (χ0v) is 8.51. The summed E-state index contributed by atoms with van der Waals surface area (Å²) in [4.78, 5) is 0. The van der Waals surface area contributed by atoms with Crippen LogP contribution in [0.15, 0.2) is 36.9 Å². The molecule has 1 aromatic rings. The molecular formula is C11H14ClN. The molecule has 0 aliphatic carbocycles. The zero-order valence-electron chi connectivity index (χ0n) is 7.76. The van der Waals surface area contributed by atoms with Gasteiger partial charge in [-0.15, -0.1) is 6.58 Å². The molecule has 0 aliphatic heterocycles. The van der Waals surface area contributed by atoms with Crippen LogP contribution in [0.2, 0.25) is 5.02 Å². The second-order valence-electron chi connectivity index (χ2n) is 2.97. The van der Waals surface area contributed by atoms with Gasteiger partial charge >= 0.3 is 0 Å². The van der Waals surface area contributed by atoms with Crippen molar-refractivity contribution in [3.05, 3.63) is 47.5 Å². The molecule has 70 valence electrons. The van der Waals surface area contributed by atoms with Crippen LogP contribution in [0.4, 0.5) is 0 Å². The molecule has 0 saturated heterocycles. The van der Waals surface area contributed by atoms with Crippen molar-refractivity contribution in [3.8, 4) is 0 Å². The number of benzene rings is 1. The molecule has 0 radical (unpaired) electrons. The van der Waals surface area contributed by atoms with Crippen molar-refractivity contribution in [2.24, 2.45) is 0 Å². The maximum absolute atomic E-state index is 5.88. The average Bonchev–Trinajstić information content (AvgIpc) is 2.14. The van der Waals surface area contributed by atoms with Crippen molar-refractivity contribution in [1.29, 1.82) is 0 Å². The minimum atomic E-state index is 0.316. The molecule has 0 saturated carbocycles. The van der Waals surface area contributed by atoms with Gasteiger partial charge in [-0.3, -0.25) is 0 Å². The fourth-order valence-corrected chi connectivity index (χ4v) is 1.35. The first kappa shape index (κ1) is 10.3. The average molecular weight is 196 g/mol. The minimum absolute atomic E-state index is 0.316. The molecule has 0 fully saturated rings. The number of hydrogen-bond donors (Lipinski definition) is 1. The van der Waals surface area contributed by atoms with Crippen LogP contribution in [-0.2, 0) is 0 Å². The van der Waals surface area contributed by atoms with Crippen molar-refractivity contribution in [1.82, 2.24) is 5.32 Å². The lowest BCUT2D eigenvalue weighted by molar-refractivity contribution is 0.618. The molecule has 0 heterocycles. The van der Waals surface area contributed by atoms with Gasteiger partial charge in [0, 0.05) is 17.6 Å². The number of nitrogens with one attached hydrogen (secondary N) is 1. The van der Waals surface area contributed by atoms with Crippen LogP contribution in [0.1, 0.15) is 18.5 Å². The Kier molecular flexibility index (Phi) is 4.00. The highest BCUT2D eigenvalue weighted by Crippen LogP contribution is 2.16. The summed E-state index contributed by atoms with van der Waals surface area (Å²) >= 11 is 5.88. The Morgan fingerprint density at radius 2 is 2.38 bits per heavy atom. The van der Waals surface area contributed by atoms with Crippen LogP contribution < -0.4 is 5.32 Å². The molecule has 0 spiro atoms. The molecule has 1 nitrogen and oxygen atoms in total. The molecule has 1 N–H and O–H groups in total. The minimum Gasteiger partial charge on any atom is -0.307 e. The third-order valence-corrected chi connectivity index (χ3v) is 2.15. The molecule has 0 bridgehead atoms. The standard InChI is InChI=1S/C11H14ClN/c1-3-7-13-9(2)10-5-4-6-11(12)8-10/h3-6,8-9,13H,1,7H2,2H3. The van der Waals surface area contributed by atoms with Crippen molar-refractivity contribution >= 4 is 11.6 Å². The lowest BCUT2D eigenvalue weighted by Gasteiger charge is -2.12. The first-order chi connectivity index (χ1) is 6.24. The van der Waals surface area contributed by atoms with Crippen molar-refractivity contribution in [3.63, 3.8) is 0 Å². The Morgan fingerprint density at radius 1 is 1.62 bits per heavy atom. The summed E-state index contributed by atoms with van der Waals surface area (Å²) in [6.45, 7) is 6.57. The summed E-state index contributed by atoms with van der Waals surface area (Å²) in [5.74, 6) is 0. The summed E-state index contributed by atoms with van der Waals surface area (Å²) in [5.41, 5.74) is 1.20. The second-order valence-corrected chi connectivity index (χ2v) is 3.41. The van der Waals surface area contributed by atoms with Crippen molar-refractivity contribution in [2.45, 2.75) is 13.0 Å². The fraction of sp³-hybridized carbons (Fsp3) is 0.273. The van der Waals surface area contributed by atoms with E-state index in [4.69, 9.17) is 11.6 Å². The monoisotopic (exact) mass is 195 g/mol. The van der Waals surface area contributed by atoms with Gasteiger partial charge in [0.25, 0.3) is 0 Å². The third-order valence-electron chi connectivity index (χ3n) is 1.92. The summed E-state index contributed by atoms with van der Waals surface area (Å²) in [6.07, 6.45) is 1.85. The predicted octanol–water partition coefficient (Wildman–Crippen LogP) is 3.18. The zero-order chi connectivity index (χ0) is 9.68. The van der Waals surface area contributed by atoms with E-state index in [9.17, 15) is 0 Å². The van der Waals surface area contributed by atoms with E-state index < -0.39 is 0 Å². The Hall–Kier alpha value is -0.790. The molecule has 0 amide bonds. The Bertz CT molecular complexity index is 283. The number of halogens is 1. The molecule has 1 unspecified atom stereocenters. The maximum atomic E-state index is 5.88. The smallest absolute Gasteiger partial charge is 0.0409 e. The van der Waals surface area contributed by atoms with E-state index >= 15 is 0 Å². The van der Waals surface area contributed by atoms with Gasteiger partial charge in [0.05, 0.1) is 0 Å². The normalized spacial score (nSPS) is 12.5. The van der Waals surface area contributed by atoms with E-state index in [1.807, 2.05) is 24.3 Å². The van der Waals surface area contributed by atoms with E-state index in [0.29, 0.717) is 6.04 Å². The van der Waals surface area contributed by atoms with Gasteiger partial charge in [-0.25, -0.2) is 0 Å². The highest BCUT2D eigenvalue weighted by molar-refractivity contribution is 6.30. The van der Waals surface area contributed by atoms with Crippen LogP contribution in [0.3, 0.4) is 0 Å². The Labute approximate surface area is 84.4 Å². The first-order valence-corrected chi connectivity index (χ1v) is 4.71. The Morgan fingerprint density at radius 3 is 3.00 bits per heavy atom. The van der Waals surface area contributed by atoms with E-state index in [1.165, 1.54) is 5.56 Å². The third kappa shape index (κ3) is 3.21.